The topological polar surface area (TPSA) is 12.0 Å². The molecular weight excluding hydrogens is 245 g/mol. The standard InChI is InChI=1S/C15H22FNS/c1-12(13-7-3-4-8-14(13)16)17-11-15(18-2)9-5-6-10-15/h3-4,7-8,12,17H,5-6,9-11H2,1-2H3. The SMILES string of the molecule is CSC1(CNC(C)c2ccccc2F)CCCC1. The summed E-state index contributed by atoms with van der Waals surface area (Å²) in [7, 11) is 0. The van der Waals surface area contributed by atoms with E-state index < -0.39 is 0 Å². The van der Waals surface area contributed by atoms with Gasteiger partial charge in [0.25, 0.3) is 0 Å². The minimum absolute atomic E-state index is 0.0795. The second-order valence-electron chi connectivity index (χ2n) is 5.22. The summed E-state index contributed by atoms with van der Waals surface area (Å²) in [5, 5.41) is 3.51. The lowest BCUT2D eigenvalue weighted by Gasteiger charge is -2.29. The summed E-state index contributed by atoms with van der Waals surface area (Å²) in [5.74, 6) is -0.109. The van der Waals surface area contributed by atoms with Crippen molar-refractivity contribution in [1.82, 2.24) is 5.32 Å². The minimum Gasteiger partial charge on any atom is -0.309 e. The van der Waals surface area contributed by atoms with Crippen molar-refractivity contribution in [1.29, 1.82) is 0 Å². The molecule has 1 aliphatic carbocycles. The average molecular weight is 267 g/mol. The molecule has 1 nitrogen and oxygen atoms in total. The van der Waals surface area contributed by atoms with Crippen molar-refractivity contribution in [2.75, 3.05) is 12.8 Å². The maximum atomic E-state index is 13.7. The number of rotatable bonds is 5. The van der Waals surface area contributed by atoms with E-state index >= 15 is 0 Å². The molecule has 0 amide bonds. The van der Waals surface area contributed by atoms with Crippen LogP contribution in [0.3, 0.4) is 0 Å². The molecule has 1 aliphatic rings. The van der Waals surface area contributed by atoms with E-state index in [1.165, 1.54) is 31.7 Å². The lowest BCUT2D eigenvalue weighted by molar-refractivity contribution is 0.472. The molecule has 0 aliphatic heterocycles. The third-order valence-corrected chi connectivity index (χ3v) is 5.47. The zero-order valence-corrected chi connectivity index (χ0v) is 12.0. The fraction of sp³-hybridized carbons (Fsp3) is 0.600. The van der Waals surface area contributed by atoms with E-state index in [-0.39, 0.29) is 11.9 Å². The third-order valence-electron chi connectivity index (χ3n) is 4.05. The smallest absolute Gasteiger partial charge is 0.127 e. The summed E-state index contributed by atoms with van der Waals surface area (Å²) in [6.07, 6.45) is 7.42. The molecular formula is C15H22FNS. The zero-order chi connectivity index (χ0) is 13.0. The summed E-state index contributed by atoms with van der Waals surface area (Å²) in [6.45, 7) is 3.02. The van der Waals surface area contributed by atoms with Crippen molar-refractivity contribution in [3.05, 3.63) is 35.6 Å². The summed E-state index contributed by atoms with van der Waals surface area (Å²) < 4.78 is 14.0. The summed E-state index contributed by atoms with van der Waals surface area (Å²) >= 11 is 1.96. The molecule has 1 aromatic rings. The van der Waals surface area contributed by atoms with Crippen LogP contribution in [-0.2, 0) is 0 Å². The Balaban J connectivity index is 1.96. The maximum absolute atomic E-state index is 13.7. The van der Waals surface area contributed by atoms with Gasteiger partial charge in [-0.05, 0) is 32.1 Å². The second-order valence-corrected chi connectivity index (χ2v) is 6.49. The molecule has 0 bridgehead atoms. The molecule has 0 spiro atoms. The van der Waals surface area contributed by atoms with Gasteiger partial charge in [-0.1, -0.05) is 31.0 Å². The fourth-order valence-corrected chi connectivity index (χ4v) is 3.67. The van der Waals surface area contributed by atoms with Gasteiger partial charge in [-0.25, -0.2) is 4.39 Å². The highest BCUT2D eigenvalue weighted by Crippen LogP contribution is 2.40. The van der Waals surface area contributed by atoms with Gasteiger partial charge >= 0.3 is 0 Å². The molecule has 18 heavy (non-hydrogen) atoms. The van der Waals surface area contributed by atoms with Crippen LogP contribution in [0.5, 0.6) is 0 Å². The Morgan fingerprint density at radius 3 is 2.61 bits per heavy atom. The lowest BCUT2D eigenvalue weighted by Crippen LogP contribution is -2.36. The Morgan fingerprint density at radius 1 is 1.33 bits per heavy atom. The van der Waals surface area contributed by atoms with Gasteiger partial charge in [0.2, 0.25) is 0 Å². The highest BCUT2D eigenvalue weighted by Gasteiger charge is 2.33. The molecule has 0 radical (unpaired) electrons. The van der Waals surface area contributed by atoms with E-state index in [0.717, 1.165) is 12.1 Å². The Bertz CT molecular complexity index is 388. The molecule has 0 aromatic heterocycles. The van der Waals surface area contributed by atoms with Crippen molar-refractivity contribution in [2.45, 2.75) is 43.4 Å². The molecule has 1 atom stereocenters. The molecule has 1 saturated carbocycles. The monoisotopic (exact) mass is 267 g/mol. The van der Waals surface area contributed by atoms with Gasteiger partial charge in [-0.2, -0.15) is 11.8 Å². The Labute approximate surface area is 114 Å². The van der Waals surface area contributed by atoms with Crippen LogP contribution in [0.1, 0.15) is 44.2 Å². The molecule has 1 fully saturated rings. The largest absolute Gasteiger partial charge is 0.309 e. The van der Waals surface area contributed by atoms with Gasteiger partial charge in [-0.3, -0.25) is 0 Å². The van der Waals surface area contributed by atoms with Gasteiger partial charge < -0.3 is 5.32 Å². The van der Waals surface area contributed by atoms with Crippen molar-refractivity contribution in [3.63, 3.8) is 0 Å². The van der Waals surface area contributed by atoms with E-state index in [0.29, 0.717) is 4.75 Å². The zero-order valence-electron chi connectivity index (χ0n) is 11.2. The van der Waals surface area contributed by atoms with Crippen LogP contribution >= 0.6 is 11.8 Å². The second kappa shape index (κ2) is 6.07. The molecule has 2 rings (SSSR count). The number of benzene rings is 1. The summed E-state index contributed by atoms with van der Waals surface area (Å²) in [6, 6.07) is 7.12. The van der Waals surface area contributed by atoms with Gasteiger partial charge in [-0.15, -0.1) is 0 Å². The predicted molar refractivity (Wildman–Crippen MR) is 77.5 cm³/mol. The fourth-order valence-electron chi connectivity index (χ4n) is 2.75. The molecule has 1 N–H and O–H groups in total. The average Bonchev–Trinajstić information content (AvgIpc) is 2.86. The van der Waals surface area contributed by atoms with Crippen LogP contribution < -0.4 is 5.32 Å². The van der Waals surface area contributed by atoms with Crippen LogP contribution in [-0.4, -0.2) is 17.5 Å². The molecule has 3 heteroatoms. The van der Waals surface area contributed by atoms with Crippen molar-refractivity contribution >= 4 is 11.8 Å². The van der Waals surface area contributed by atoms with Gasteiger partial charge in [0.05, 0.1) is 0 Å². The van der Waals surface area contributed by atoms with Crippen LogP contribution in [0.15, 0.2) is 24.3 Å². The first-order chi connectivity index (χ1) is 8.67. The number of nitrogens with one attached hydrogen (secondary N) is 1. The van der Waals surface area contributed by atoms with Gasteiger partial charge in [0.1, 0.15) is 5.82 Å². The van der Waals surface area contributed by atoms with Crippen molar-refractivity contribution < 1.29 is 4.39 Å². The number of halogens is 1. The summed E-state index contributed by atoms with van der Waals surface area (Å²) in [5.41, 5.74) is 0.770. The van der Waals surface area contributed by atoms with E-state index in [4.69, 9.17) is 0 Å². The van der Waals surface area contributed by atoms with E-state index in [1.54, 1.807) is 6.07 Å². The maximum Gasteiger partial charge on any atom is 0.127 e. The first-order valence-corrected chi connectivity index (χ1v) is 7.92. The Kier molecular flexibility index (Phi) is 4.68. The van der Waals surface area contributed by atoms with Crippen molar-refractivity contribution in [3.8, 4) is 0 Å². The van der Waals surface area contributed by atoms with Crippen molar-refractivity contribution in [2.24, 2.45) is 0 Å². The molecule has 0 saturated heterocycles. The van der Waals surface area contributed by atoms with E-state index in [9.17, 15) is 4.39 Å². The van der Waals surface area contributed by atoms with Crippen LogP contribution in [0, 0.1) is 5.82 Å². The van der Waals surface area contributed by atoms with Crippen LogP contribution in [0.2, 0.25) is 0 Å². The molecule has 1 unspecified atom stereocenters. The normalized spacial score (nSPS) is 19.9. The summed E-state index contributed by atoms with van der Waals surface area (Å²) in [4.78, 5) is 0. The molecule has 100 valence electrons. The van der Waals surface area contributed by atoms with E-state index in [2.05, 4.69) is 11.6 Å². The molecule has 0 heterocycles. The quantitative estimate of drug-likeness (QED) is 0.860. The van der Waals surface area contributed by atoms with Gasteiger partial charge in [0, 0.05) is 22.9 Å². The minimum atomic E-state index is -0.109. The number of hydrogen-bond donors (Lipinski definition) is 1. The van der Waals surface area contributed by atoms with E-state index in [1.807, 2.05) is 30.8 Å². The lowest BCUT2D eigenvalue weighted by atomic mass is 10.0. The first-order valence-electron chi connectivity index (χ1n) is 6.70. The Morgan fingerprint density at radius 2 is 2.00 bits per heavy atom. The van der Waals surface area contributed by atoms with Gasteiger partial charge in [0.15, 0.2) is 0 Å². The highest BCUT2D eigenvalue weighted by atomic mass is 32.2. The number of thioether (sulfide) groups is 1. The van der Waals surface area contributed by atoms with Crippen LogP contribution in [0.25, 0.3) is 0 Å². The first kappa shape index (κ1) is 13.9. The van der Waals surface area contributed by atoms with Crippen LogP contribution in [0.4, 0.5) is 4.39 Å². The molecule has 1 aromatic carbocycles. The number of hydrogen-bond acceptors (Lipinski definition) is 2. The highest BCUT2D eigenvalue weighted by molar-refractivity contribution is 8.00. The Hall–Kier alpha value is -0.540. The predicted octanol–water partition coefficient (Wildman–Crippen LogP) is 4.15. The third kappa shape index (κ3) is 3.07.